The van der Waals surface area contributed by atoms with Gasteiger partial charge in [0.25, 0.3) is 0 Å². The van der Waals surface area contributed by atoms with Crippen LogP contribution in [0.5, 0.6) is 5.75 Å². The maximum Gasteiger partial charge on any atom is 0.336 e. The number of halogens is 2. The third-order valence-corrected chi connectivity index (χ3v) is 5.41. The minimum Gasteiger partial charge on any atom is -0.487 e. The Morgan fingerprint density at radius 3 is 2.50 bits per heavy atom. The zero-order valence-electron chi connectivity index (χ0n) is 13.9. The summed E-state index contributed by atoms with van der Waals surface area (Å²) in [5.74, 6) is 0.706. The fourth-order valence-electron chi connectivity index (χ4n) is 3.11. The summed E-state index contributed by atoms with van der Waals surface area (Å²) in [6.07, 6.45) is 0. The normalized spacial score (nSPS) is 11.2. The van der Waals surface area contributed by atoms with Gasteiger partial charge in [-0.05, 0) is 73.3 Å². The Morgan fingerprint density at radius 1 is 1.00 bits per heavy atom. The van der Waals surface area contributed by atoms with E-state index in [-0.39, 0.29) is 12.2 Å². The first-order valence-electron chi connectivity index (χ1n) is 8.06. The van der Waals surface area contributed by atoms with Gasteiger partial charge in [-0.2, -0.15) is 0 Å². The van der Waals surface area contributed by atoms with Gasteiger partial charge in [0.1, 0.15) is 17.9 Å². The van der Waals surface area contributed by atoms with Crippen LogP contribution >= 0.6 is 31.9 Å². The van der Waals surface area contributed by atoms with Gasteiger partial charge in [-0.3, -0.25) is 0 Å². The van der Waals surface area contributed by atoms with E-state index in [9.17, 15) is 4.79 Å². The van der Waals surface area contributed by atoms with Crippen LogP contribution in [-0.4, -0.2) is 0 Å². The largest absolute Gasteiger partial charge is 0.487 e. The Morgan fingerprint density at radius 2 is 1.73 bits per heavy atom. The van der Waals surface area contributed by atoms with Crippen LogP contribution in [0.15, 0.2) is 72.8 Å². The van der Waals surface area contributed by atoms with Gasteiger partial charge in [0.15, 0.2) is 0 Å². The third-order valence-electron chi connectivity index (χ3n) is 4.23. The Bertz CT molecular complexity index is 1170. The maximum absolute atomic E-state index is 12.0. The summed E-state index contributed by atoms with van der Waals surface area (Å²) in [5.41, 5.74) is 2.10. The third kappa shape index (κ3) is 3.17. The lowest BCUT2D eigenvalue weighted by Gasteiger charge is -2.13. The molecule has 5 heteroatoms. The highest BCUT2D eigenvalue weighted by Gasteiger charge is 2.13. The van der Waals surface area contributed by atoms with Crippen LogP contribution in [0.3, 0.4) is 0 Å². The van der Waals surface area contributed by atoms with Crippen molar-refractivity contribution in [3.05, 3.63) is 85.1 Å². The van der Waals surface area contributed by atoms with E-state index >= 15 is 0 Å². The van der Waals surface area contributed by atoms with Gasteiger partial charge in [0.05, 0.1) is 8.95 Å². The number of aryl methyl sites for hydroxylation is 1. The molecule has 0 spiro atoms. The maximum atomic E-state index is 12.0. The van der Waals surface area contributed by atoms with Gasteiger partial charge >= 0.3 is 5.63 Å². The average Bonchev–Trinajstić information content (AvgIpc) is 2.60. The molecule has 0 fully saturated rings. The second-order valence-electron chi connectivity index (χ2n) is 6.10. The van der Waals surface area contributed by atoms with Gasteiger partial charge in [-0.1, -0.05) is 30.3 Å². The summed E-state index contributed by atoms with van der Waals surface area (Å²) >= 11 is 7.08. The molecule has 0 aliphatic rings. The van der Waals surface area contributed by atoms with Crippen molar-refractivity contribution in [2.75, 3.05) is 0 Å². The molecule has 130 valence electrons. The lowest BCUT2D eigenvalue weighted by molar-refractivity contribution is 0.302. The molecule has 0 aliphatic carbocycles. The average molecular weight is 474 g/mol. The van der Waals surface area contributed by atoms with E-state index in [1.165, 1.54) is 6.07 Å². The van der Waals surface area contributed by atoms with E-state index in [4.69, 9.17) is 9.15 Å². The predicted octanol–water partition coefficient (Wildman–Crippen LogP) is 6.36. The molecule has 3 aromatic carbocycles. The Hall–Kier alpha value is -2.11. The molecule has 0 amide bonds. The summed E-state index contributed by atoms with van der Waals surface area (Å²) in [5, 5.41) is 3.03. The molecular weight excluding hydrogens is 460 g/mol. The number of rotatable bonds is 3. The van der Waals surface area contributed by atoms with Crippen LogP contribution in [0.1, 0.15) is 11.1 Å². The molecule has 4 rings (SSSR count). The molecule has 0 aliphatic heterocycles. The van der Waals surface area contributed by atoms with E-state index in [1.54, 1.807) is 0 Å². The standard InChI is InChI=1S/C21H14Br2O3/c1-12-8-16(22)21(17(23)9-12)25-11-14-10-19(24)26-18-7-6-13-4-2-3-5-15(13)20(14)18/h2-10H,11H2,1H3. The van der Waals surface area contributed by atoms with Gasteiger partial charge in [-0.15, -0.1) is 0 Å². The summed E-state index contributed by atoms with van der Waals surface area (Å²) in [4.78, 5) is 12.0. The van der Waals surface area contributed by atoms with Crippen molar-refractivity contribution in [2.24, 2.45) is 0 Å². The molecule has 3 nitrogen and oxygen atoms in total. The number of benzene rings is 3. The zero-order valence-corrected chi connectivity index (χ0v) is 17.1. The Balaban J connectivity index is 1.84. The quantitative estimate of drug-likeness (QED) is 0.256. The highest BCUT2D eigenvalue weighted by molar-refractivity contribution is 9.11. The van der Waals surface area contributed by atoms with Crippen molar-refractivity contribution >= 4 is 53.6 Å². The minimum absolute atomic E-state index is 0.260. The van der Waals surface area contributed by atoms with Gasteiger partial charge in [-0.25, -0.2) is 4.79 Å². The molecule has 1 aromatic heterocycles. The lowest BCUT2D eigenvalue weighted by atomic mass is 10.0. The van der Waals surface area contributed by atoms with Gasteiger partial charge < -0.3 is 9.15 Å². The number of hydrogen-bond acceptors (Lipinski definition) is 3. The first kappa shape index (κ1) is 17.3. The molecule has 0 saturated carbocycles. The predicted molar refractivity (Wildman–Crippen MR) is 111 cm³/mol. The topological polar surface area (TPSA) is 39.4 Å². The highest BCUT2D eigenvalue weighted by Crippen LogP contribution is 2.36. The van der Waals surface area contributed by atoms with E-state index in [0.29, 0.717) is 11.3 Å². The number of hydrogen-bond donors (Lipinski definition) is 0. The fourth-order valence-corrected chi connectivity index (χ4v) is 4.75. The van der Waals surface area contributed by atoms with Crippen LogP contribution < -0.4 is 10.4 Å². The SMILES string of the molecule is Cc1cc(Br)c(OCc2cc(=O)oc3ccc4ccccc4c23)c(Br)c1. The number of ether oxygens (including phenoxy) is 1. The van der Waals surface area contributed by atoms with E-state index in [0.717, 1.165) is 36.2 Å². The van der Waals surface area contributed by atoms with Gasteiger partial charge in [0.2, 0.25) is 0 Å². The van der Waals surface area contributed by atoms with Crippen molar-refractivity contribution in [3.63, 3.8) is 0 Å². The molecule has 1 heterocycles. The van der Waals surface area contributed by atoms with Crippen LogP contribution in [0.4, 0.5) is 0 Å². The summed E-state index contributed by atoms with van der Waals surface area (Å²) in [6, 6.07) is 17.3. The molecule has 0 N–H and O–H groups in total. The zero-order chi connectivity index (χ0) is 18.3. The molecule has 26 heavy (non-hydrogen) atoms. The van der Waals surface area contributed by atoms with Crippen molar-refractivity contribution in [1.82, 2.24) is 0 Å². The Kier molecular flexibility index (Phi) is 4.59. The molecule has 0 saturated heterocycles. The molecule has 0 atom stereocenters. The van der Waals surface area contributed by atoms with Crippen molar-refractivity contribution < 1.29 is 9.15 Å². The summed E-state index contributed by atoms with van der Waals surface area (Å²) < 4.78 is 13.2. The molecule has 0 unspecified atom stereocenters. The number of fused-ring (bicyclic) bond motifs is 3. The molecule has 4 aromatic rings. The summed E-state index contributed by atoms with van der Waals surface area (Å²) in [7, 11) is 0. The van der Waals surface area contributed by atoms with E-state index in [2.05, 4.69) is 31.9 Å². The van der Waals surface area contributed by atoms with E-state index in [1.807, 2.05) is 55.5 Å². The van der Waals surface area contributed by atoms with Gasteiger partial charge in [0, 0.05) is 17.0 Å². The fraction of sp³-hybridized carbons (Fsp3) is 0.0952. The molecular formula is C21H14Br2O3. The van der Waals surface area contributed by atoms with Crippen LogP contribution in [-0.2, 0) is 6.61 Å². The second-order valence-corrected chi connectivity index (χ2v) is 7.81. The highest BCUT2D eigenvalue weighted by atomic mass is 79.9. The van der Waals surface area contributed by atoms with Crippen molar-refractivity contribution in [2.45, 2.75) is 13.5 Å². The smallest absolute Gasteiger partial charge is 0.336 e. The van der Waals surface area contributed by atoms with E-state index < -0.39 is 0 Å². The summed E-state index contributed by atoms with van der Waals surface area (Å²) in [6.45, 7) is 2.28. The van der Waals surface area contributed by atoms with Crippen LogP contribution in [0.2, 0.25) is 0 Å². The van der Waals surface area contributed by atoms with Crippen LogP contribution in [0, 0.1) is 6.92 Å². The van der Waals surface area contributed by atoms with Crippen LogP contribution in [0.25, 0.3) is 21.7 Å². The molecule has 0 radical (unpaired) electrons. The minimum atomic E-state index is -0.381. The molecule has 0 bridgehead atoms. The first-order chi connectivity index (χ1) is 12.5. The Labute approximate surface area is 166 Å². The lowest BCUT2D eigenvalue weighted by Crippen LogP contribution is -2.05. The second kappa shape index (κ2) is 6.89. The van der Waals surface area contributed by atoms with Crippen molar-refractivity contribution in [1.29, 1.82) is 0 Å². The van der Waals surface area contributed by atoms with Crippen molar-refractivity contribution in [3.8, 4) is 5.75 Å². The monoisotopic (exact) mass is 472 g/mol. The first-order valence-corrected chi connectivity index (χ1v) is 9.64.